The number of carbonyl (C=O) groups excluding carboxylic acids is 1. The average Bonchev–Trinajstić information content (AvgIpc) is 3.36. The van der Waals surface area contributed by atoms with Crippen LogP contribution in [0, 0.1) is 0 Å². The zero-order chi connectivity index (χ0) is 20.5. The number of hydrazone groups is 1. The first-order valence-electron chi connectivity index (χ1n) is 10.0. The SMILES string of the molecule is C[C@@H]1CN([C@H](C)C(=O)N2N=C(c3ccc(Cl)cc3)C[C@H]2c2ccco2)C[C@@H](C)O1. The molecule has 6 nitrogen and oxygen atoms in total. The molecule has 0 radical (unpaired) electrons. The van der Waals surface area contributed by atoms with Crippen LogP contribution in [0.3, 0.4) is 0 Å². The van der Waals surface area contributed by atoms with Gasteiger partial charge >= 0.3 is 0 Å². The summed E-state index contributed by atoms with van der Waals surface area (Å²) >= 11 is 6.02. The minimum Gasteiger partial charge on any atom is -0.467 e. The Morgan fingerprint density at radius 1 is 1.17 bits per heavy atom. The highest BCUT2D eigenvalue weighted by atomic mass is 35.5. The summed E-state index contributed by atoms with van der Waals surface area (Å²) in [5, 5.41) is 6.99. The van der Waals surface area contributed by atoms with Crippen molar-refractivity contribution < 1.29 is 13.9 Å². The normalized spacial score (nSPS) is 26.4. The molecule has 7 heteroatoms. The summed E-state index contributed by atoms with van der Waals surface area (Å²) in [7, 11) is 0. The summed E-state index contributed by atoms with van der Waals surface area (Å²) in [6, 6.07) is 10.7. The van der Waals surface area contributed by atoms with Gasteiger partial charge in [0, 0.05) is 24.5 Å². The van der Waals surface area contributed by atoms with E-state index in [1.807, 2.05) is 57.2 Å². The molecule has 154 valence electrons. The Kier molecular flexibility index (Phi) is 5.76. The van der Waals surface area contributed by atoms with Crippen molar-refractivity contribution in [2.45, 2.75) is 51.5 Å². The Labute approximate surface area is 176 Å². The van der Waals surface area contributed by atoms with E-state index >= 15 is 0 Å². The number of amides is 1. The van der Waals surface area contributed by atoms with Gasteiger partial charge in [0.25, 0.3) is 5.91 Å². The molecule has 1 fully saturated rings. The first-order chi connectivity index (χ1) is 13.9. The van der Waals surface area contributed by atoms with Gasteiger partial charge in [-0.1, -0.05) is 23.7 Å². The van der Waals surface area contributed by atoms with E-state index in [4.69, 9.17) is 25.9 Å². The molecule has 0 saturated carbocycles. The lowest BCUT2D eigenvalue weighted by Crippen LogP contribution is -2.54. The number of halogens is 1. The molecule has 2 aliphatic rings. The van der Waals surface area contributed by atoms with E-state index < -0.39 is 0 Å². The first-order valence-corrected chi connectivity index (χ1v) is 10.4. The molecule has 2 aromatic rings. The van der Waals surface area contributed by atoms with Gasteiger partial charge in [-0.25, -0.2) is 5.01 Å². The molecule has 3 heterocycles. The lowest BCUT2D eigenvalue weighted by atomic mass is 10.0. The lowest BCUT2D eigenvalue weighted by Gasteiger charge is -2.39. The molecule has 0 N–H and O–H groups in total. The maximum absolute atomic E-state index is 13.5. The van der Waals surface area contributed by atoms with Crippen molar-refractivity contribution in [3.63, 3.8) is 0 Å². The average molecular weight is 416 g/mol. The first kappa shape index (κ1) is 20.1. The van der Waals surface area contributed by atoms with Gasteiger partial charge in [0.15, 0.2) is 0 Å². The molecular weight excluding hydrogens is 390 g/mol. The van der Waals surface area contributed by atoms with Crippen LogP contribution in [0.1, 0.15) is 44.6 Å². The maximum Gasteiger partial charge on any atom is 0.260 e. The predicted octanol–water partition coefficient (Wildman–Crippen LogP) is 4.11. The van der Waals surface area contributed by atoms with Crippen LogP contribution in [-0.4, -0.2) is 52.9 Å². The van der Waals surface area contributed by atoms with Crippen molar-refractivity contribution in [2.75, 3.05) is 13.1 Å². The molecule has 0 unspecified atom stereocenters. The molecule has 4 atom stereocenters. The molecule has 0 bridgehead atoms. The third-order valence-electron chi connectivity index (χ3n) is 5.54. The zero-order valence-electron chi connectivity index (χ0n) is 16.9. The summed E-state index contributed by atoms with van der Waals surface area (Å²) < 4.78 is 11.5. The topological polar surface area (TPSA) is 58.3 Å². The number of benzene rings is 1. The number of ether oxygens (including phenoxy) is 1. The number of carbonyl (C=O) groups is 1. The van der Waals surface area contributed by atoms with Crippen LogP contribution in [0.2, 0.25) is 5.02 Å². The monoisotopic (exact) mass is 415 g/mol. The van der Waals surface area contributed by atoms with Crippen LogP contribution in [0.4, 0.5) is 0 Å². The van der Waals surface area contributed by atoms with Gasteiger partial charge in [-0.3, -0.25) is 9.69 Å². The van der Waals surface area contributed by atoms with Crippen molar-refractivity contribution in [3.05, 3.63) is 59.0 Å². The zero-order valence-corrected chi connectivity index (χ0v) is 17.7. The van der Waals surface area contributed by atoms with Crippen LogP contribution < -0.4 is 0 Å². The third-order valence-corrected chi connectivity index (χ3v) is 5.79. The van der Waals surface area contributed by atoms with Crippen molar-refractivity contribution in [1.29, 1.82) is 0 Å². The van der Waals surface area contributed by atoms with Gasteiger partial charge in [0.1, 0.15) is 11.8 Å². The number of furan rings is 1. The number of morpholine rings is 1. The van der Waals surface area contributed by atoms with Crippen molar-refractivity contribution in [3.8, 4) is 0 Å². The van der Waals surface area contributed by atoms with E-state index in [-0.39, 0.29) is 30.2 Å². The molecule has 4 rings (SSSR count). The third kappa shape index (κ3) is 4.25. The summed E-state index contributed by atoms with van der Waals surface area (Å²) in [5.41, 5.74) is 1.81. The molecule has 1 aromatic carbocycles. The highest BCUT2D eigenvalue weighted by Crippen LogP contribution is 2.34. The second-order valence-electron chi connectivity index (χ2n) is 7.86. The molecule has 29 heavy (non-hydrogen) atoms. The summed E-state index contributed by atoms with van der Waals surface area (Å²) in [4.78, 5) is 15.6. The van der Waals surface area contributed by atoms with Crippen molar-refractivity contribution in [1.82, 2.24) is 9.91 Å². The fourth-order valence-corrected chi connectivity index (χ4v) is 4.24. The van der Waals surface area contributed by atoms with Gasteiger partial charge in [0.2, 0.25) is 0 Å². The number of rotatable bonds is 4. The summed E-state index contributed by atoms with van der Waals surface area (Å²) in [6.07, 6.45) is 2.43. The Balaban J connectivity index is 1.60. The molecule has 0 spiro atoms. The molecule has 2 aliphatic heterocycles. The standard InChI is InChI=1S/C22H26ClN3O3/c1-14-12-25(13-15(2)29-14)16(3)22(27)26-20(21-5-4-10-28-21)11-19(24-26)17-6-8-18(23)9-7-17/h4-10,14-16,20H,11-13H2,1-3H3/t14-,15-,16-,20+/m1/s1. The second-order valence-corrected chi connectivity index (χ2v) is 8.30. The Morgan fingerprint density at radius 2 is 1.86 bits per heavy atom. The number of hydrogen-bond acceptors (Lipinski definition) is 5. The van der Waals surface area contributed by atoms with Gasteiger partial charge < -0.3 is 9.15 Å². The van der Waals surface area contributed by atoms with Gasteiger partial charge in [-0.2, -0.15) is 5.10 Å². The van der Waals surface area contributed by atoms with E-state index in [1.165, 1.54) is 0 Å². The van der Waals surface area contributed by atoms with E-state index in [0.717, 1.165) is 30.1 Å². The fourth-order valence-electron chi connectivity index (χ4n) is 4.11. The largest absolute Gasteiger partial charge is 0.467 e. The van der Waals surface area contributed by atoms with Gasteiger partial charge in [0.05, 0.1) is 30.2 Å². The summed E-state index contributed by atoms with van der Waals surface area (Å²) in [5.74, 6) is 0.707. The molecule has 0 aliphatic carbocycles. The second kappa shape index (κ2) is 8.30. The highest BCUT2D eigenvalue weighted by molar-refractivity contribution is 6.30. The van der Waals surface area contributed by atoms with Crippen LogP contribution in [0.15, 0.2) is 52.2 Å². The number of nitrogens with zero attached hydrogens (tertiary/aromatic N) is 3. The predicted molar refractivity (Wildman–Crippen MR) is 112 cm³/mol. The van der Waals surface area contributed by atoms with E-state index in [1.54, 1.807) is 11.3 Å². The summed E-state index contributed by atoms with van der Waals surface area (Å²) in [6.45, 7) is 7.48. The van der Waals surface area contributed by atoms with Crippen LogP contribution in [0.25, 0.3) is 0 Å². The van der Waals surface area contributed by atoms with Crippen LogP contribution in [0.5, 0.6) is 0 Å². The Bertz CT molecular complexity index is 871. The molecule has 1 saturated heterocycles. The quantitative estimate of drug-likeness (QED) is 0.754. The highest BCUT2D eigenvalue weighted by Gasteiger charge is 2.39. The lowest BCUT2D eigenvalue weighted by molar-refractivity contribution is -0.144. The van der Waals surface area contributed by atoms with E-state index in [9.17, 15) is 4.79 Å². The van der Waals surface area contributed by atoms with Crippen molar-refractivity contribution in [2.24, 2.45) is 5.10 Å². The fraction of sp³-hybridized carbons (Fsp3) is 0.455. The minimum absolute atomic E-state index is 0.0309. The van der Waals surface area contributed by atoms with Crippen LogP contribution in [-0.2, 0) is 9.53 Å². The molecule has 1 amide bonds. The van der Waals surface area contributed by atoms with E-state index in [0.29, 0.717) is 11.4 Å². The minimum atomic E-state index is -0.297. The van der Waals surface area contributed by atoms with Crippen molar-refractivity contribution >= 4 is 23.2 Å². The van der Waals surface area contributed by atoms with Gasteiger partial charge in [-0.05, 0) is 50.6 Å². The van der Waals surface area contributed by atoms with Crippen LogP contribution >= 0.6 is 11.6 Å². The maximum atomic E-state index is 13.5. The Hall–Kier alpha value is -2.15. The van der Waals surface area contributed by atoms with E-state index in [2.05, 4.69) is 4.90 Å². The Morgan fingerprint density at radius 3 is 2.48 bits per heavy atom. The molecule has 1 aromatic heterocycles. The smallest absolute Gasteiger partial charge is 0.260 e. The molecular formula is C22H26ClN3O3. The number of hydrogen-bond donors (Lipinski definition) is 0. The van der Waals surface area contributed by atoms with Gasteiger partial charge in [-0.15, -0.1) is 0 Å².